The molecule has 6 heteroatoms. The Balaban J connectivity index is 1.76. The van der Waals surface area contributed by atoms with E-state index < -0.39 is 0 Å². The van der Waals surface area contributed by atoms with Crippen molar-refractivity contribution in [3.8, 4) is 0 Å². The number of ether oxygens (including phenoxy) is 1. The molecule has 1 aromatic heterocycles. The molecule has 118 valence electrons. The van der Waals surface area contributed by atoms with E-state index in [0.717, 1.165) is 12.8 Å². The summed E-state index contributed by atoms with van der Waals surface area (Å²) in [5.41, 5.74) is -0.208. The van der Waals surface area contributed by atoms with Crippen molar-refractivity contribution in [2.45, 2.75) is 58.5 Å². The SMILES string of the molecule is CC(C)c1nc(CCNC(=O)[C@H]2CCOC(C)(C)C2)no1. The standard InChI is InChI=1S/C15H25N3O3/c1-10(2)14-17-12(18-21-14)5-7-16-13(19)11-6-8-20-15(3,4)9-11/h10-11H,5-9H2,1-4H3,(H,16,19)/t11-/m0/s1. The summed E-state index contributed by atoms with van der Waals surface area (Å²) < 4.78 is 10.8. The molecule has 1 aliphatic heterocycles. The van der Waals surface area contributed by atoms with Crippen LogP contribution in [0.15, 0.2) is 4.52 Å². The Bertz CT molecular complexity index is 482. The van der Waals surface area contributed by atoms with Crippen LogP contribution in [-0.2, 0) is 16.0 Å². The maximum atomic E-state index is 12.2. The lowest BCUT2D eigenvalue weighted by Crippen LogP contribution is -2.41. The minimum Gasteiger partial charge on any atom is -0.376 e. The van der Waals surface area contributed by atoms with Crippen molar-refractivity contribution in [2.75, 3.05) is 13.2 Å². The van der Waals surface area contributed by atoms with Crippen molar-refractivity contribution in [3.05, 3.63) is 11.7 Å². The Hall–Kier alpha value is -1.43. The van der Waals surface area contributed by atoms with Gasteiger partial charge in [0, 0.05) is 31.4 Å². The Morgan fingerprint density at radius 2 is 2.24 bits per heavy atom. The average molecular weight is 295 g/mol. The molecule has 0 radical (unpaired) electrons. The van der Waals surface area contributed by atoms with Crippen molar-refractivity contribution in [1.82, 2.24) is 15.5 Å². The fourth-order valence-corrected chi connectivity index (χ4v) is 2.50. The smallest absolute Gasteiger partial charge is 0.229 e. The average Bonchev–Trinajstić information content (AvgIpc) is 2.86. The van der Waals surface area contributed by atoms with Gasteiger partial charge in [-0.2, -0.15) is 4.98 Å². The van der Waals surface area contributed by atoms with Crippen LogP contribution in [-0.4, -0.2) is 34.8 Å². The lowest BCUT2D eigenvalue weighted by atomic mass is 9.88. The molecule has 1 fully saturated rings. The highest BCUT2D eigenvalue weighted by Gasteiger charge is 2.32. The summed E-state index contributed by atoms with van der Waals surface area (Å²) in [7, 11) is 0. The molecule has 0 bridgehead atoms. The molecule has 0 spiro atoms. The van der Waals surface area contributed by atoms with Crippen molar-refractivity contribution in [1.29, 1.82) is 0 Å². The van der Waals surface area contributed by atoms with Gasteiger partial charge in [-0.25, -0.2) is 0 Å². The number of nitrogens with zero attached hydrogens (tertiary/aromatic N) is 2. The zero-order valence-electron chi connectivity index (χ0n) is 13.3. The van der Waals surface area contributed by atoms with Crippen LogP contribution in [0.1, 0.15) is 58.2 Å². The van der Waals surface area contributed by atoms with Crippen LogP contribution in [0.4, 0.5) is 0 Å². The highest BCUT2D eigenvalue weighted by atomic mass is 16.5. The van der Waals surface area contributed by atoms with Crippen LogP contribution in [0, 0.1) is 5.92 Å². The zero-order valence-corrected chi connectivity index (χ0v) is 13.3. The maximum Gasteiger partial charge on any atom is 0.229 e. The number of carbonyl (C=O) groups is 1. The van der Waals surface area contributed by atoms with Gasteiger partial charge in [0.15, 0.2) is 5.82 Å². The molecule has 0 unspecified atom stereocenters. The lowest BCUT2D eigenvalue weighted by Gasteiger charge is -2.34. The first kappa shape index (κ1) is 15.9. The van der Waals surface area contributed by atoms with Gasteiger partial charge >= 0.3 is 0 Å². The third-order valence-electron chi connectivity index (χ3n) is 3.69. The van der Waals surface area contributed by atoms with E-state index in [9.17, 15) is 4.79 Å². The quantitative estimate of drug-likeness (QED) is 0.899. The molecule has 1 aliphatic rings. The fraction of sp³-hybridized carbons (Fsp3) is 0.800. The number of hydrogen-bond donors (Lipinski definition) is 1. The number of rotatable bonds is 5. The van der Waals surface area contributed by atoms with Crippen LogP contribution in [0.2, 0.25) is 0 Å². The molecule has 1 atom stereocenters. The second-order valence-corrected chi connectivity index (χ2v) is 6.54. The van der Waals surface area contributed by atoms with Gasteiger partial charge < -0.3 is 14.6 Å². The molecule has 2 rings (SSSR count). The van der Waals surface area contributed by atoms with Crippen LogP contribution >= 0.6 is 0 Å². The first-order valence-electron chi connectivity index (χ1n) is 7.61. The summed E-state index contributed by atoms with van der Waals surface area (Å²) in [6.07, 6.45) is 2.14. The van der Waals surface area contributed by atoms with E-state index in [2.05, 4.69) is 15.5 Å². The minimum atomic E-state index is -0.208. The van der Waals surface area contributed by atoms with Gasteiger partial charge in [0.2, 0.25) is 11.8 Å². The highest BCUT2D eigenvalue weighted by Crippen LogP contribution is 2.28. The van der Waals surface area contributed by atoms with Crippen LogP contribution in [0.5, 0.6) is 0 Å². The van der Waals surface area contributed by atoms with Crippen LogP contribution in [0.25, 0.3) is 0 Å². The second-order valence-electron chi connectivity index (χ2n) is 6.54. The number of nitrogens with one attached hydrogen (secondary N) is 1. The predicted molar refractivity (Wildman–Crippen MR) is 77.9 cm³/mol. The van der Waals surface area contributed by atoms with E-state index in [-0.39, 0.29) is 23.3 Å². The topological polar surface area (TPSA) is 77.2 Å². The van der Waals surface area contributed by atoms with Crippen molar-refractivity contribution in [2.24, 2.45) is 5.92 Å². The van der Waals surface area contributed by atoms with Gasteiger partial charge in [-0.05, 0) is 26.7 Å². The Labute approximate surface area is 125 Å². The van der Waals surface area contributed by atoms with Crippen LogP contribution in [0.3, 0.4) is 0 Å². The van der Waals surface area contributed by atoms with Crippen molar-refractivity contribution in [3.63, 3.8) is 0 Å². The van der Waals surface area contributed by atoms with Crippen molar-refractivity contribution >= 4 is 5.91 Å². The normalized spacial score (nSPS) is 21.5. The van der Waals surface area contributed by atoms with E-state index in [1.807, 2.05) is 27.7 Å². The molecule has 2 heterocycles. The van der Waals surface area contributed by atoms with Gasteiger partial charge in [-0.15, -0.1) is 0 Å². The molecule has 1 saturated heterocycles. The molecule has 0 saturated carbocycles. The molecule has 21 heavy (non-hydrogen) atoms. The van der Waals surface area contributed by atoms with Crippen molar-refractivity contribution < 1.29 is 14.1 Å². The largest absolute Gasteiger partial charge is 0.376 e. The molecule has 6 nitrogen and oxygen atoms in total. The van der Waals surface area contributed by atoms with E-state index in [1.165, 1.54) is 0 Å². The van der Waals surface area contributed by atoms with Crippen LogP contribution < -0.4 is 5.32 Å². The van der Waals surface area contributed by atoms with E-state index in [0.29, 0.717) is 31.3 Å². The maximum absolute atomic E-state index is 12.2. The second kappa shape index (κ2) is 6.56. The number of hydrogen-bond acceptors (Lipinski definition) is 5. The number of aromatic nitrogens is 2. The monoisotopic (exact) mass is 295 g/mol. The third-order valence-corrected chi connectivity index (χ3v) is 3.69. The van der Waals surface area contributed by atoms with Gasteiger partial charge in [0.25, 0.3) is 0 Å². The molecule has 1 aromatic rings. The molecule has 1 amide bonds. The summed E-state index contributed by atoms with van der Waals surface area (Å²) in [5.74, 6) is 1.64. The van der Waals surface area contributed by atoms with E-state index in [4.69, 9.17) is 9.26 Å². The molecular weight excluding hydrogens is 270 g/mol. The minimum absolute atomic E-state index is 0.0326. The van der Waals surface area contributed by atoms with Gasteiger partial charge in [0.1, 0.15) is 0 Å². The zero-order chi connectivity index (χ0) is 15.5. The Morgan fingerprint density at radius 1 is 1.48 bits per heavy atom. The summed E-state index contributed by atoms with van der Waals surface area (Å²) in [5, 5.41) is 6.87. The summed E-state index contributed by atoms with van der Waals surface area (Å²) in [6, 6.07) is 0. The van der Waals surface area contributed by atoms with Gasteiger partial charge in [0.05, 0.1) is 5.60 Å². The number of amides is 1. The predicted octanol–water partition coefficient (Wildman–Crippen LogP) is 2.06. The lowest BCUT2D eigenvalue weighted by molar-refractivity contribution is -0.135. The molecule has 0 aliphatic carbocycles. The van der Waals surface area contributed by atoms with E-state index >= 15 is 0 Å². The molecular formula is C15H25N3O3. The molecule has 1 N–H and O–H groups in total. The first-order chi connectivity index (χ1) is 9.87. The Morgan fingerprint density at radius 3 is 2.86 bits per heavy atom. The highest BCUT2D eigenvalue weighted by molar-refractivity contribution is 5.78. The van der Waals surface area contributed by atoms with Gasteiger partial charge in [-0.1, -0.05) is 19.0 Å². The number of carbonyl (C=O) groups excluding carboxylic acids is 1. The third kappa shape index (κ3) is 4.52. The Kier molecular flexibility index (Phi) is 4.98. The summed E-state index contributed by atoms with van der Waals surface area (Å²) >= 11 is 0. The molecule has 0 aromatic carbocycles. The summed E-state index contributed by atoms with van der Waals surface area (Å²) in [4.78, 5) is 16.5. The fourth-order valence-electron chi connectivity index (χ4n) is 2.50. The summed E-state index contributed by atoms with van der Waals surface area (Å²) in [6.45, 7) is 9.25. The van der Waals surface area contributed by atoms with Gasteiger partial charge in [-0.3, -0.25) is 4.79 Å². The van der Waals surface area contributed by atoms with E-state index in [1.54, 1.807) is 0 Å². The first-order valence-corrected chi connectivity index (χ1v) is 7.61.